The molecule has 1 aromatic carbocycles. The molecule has 2 aliphatic heterocycles. The van der Waals surface area contributed by atoms with Crippen LogP contribution in [0.3, 0.4) is 0 Å². The van der Waals surface area contributed by atoms with Crippen LogP contribution in [-0.4, -0.2) is 40.0 Å². The Morgan fingerprint density at radius 3 is 2.72 bits per heavy atom. The summed E-state index contributed by atoms with van der Waals surface area (Å²) in [4.78, 5) is 24.1. The van der Waals surface area contributed by atoms with Gasteiger partial charge < -0.3 is 20.1 Å². The van der Waals surface area contributed by atoms with Crippen molar-refractivity contribution in [3.8, 4) is 0 Å². The summed E-state index contributed by atoms with van der Waals surface area (Å²) in [6.45, 7) is 5.39. The molecule has 36 heavy (non-hydrogen) atoms. The van der Waals surface area contributed by atoms with E-state index in [1.54, 1.807) is 17.0 Å². The van der Waals surface area contributed by atoms with E-state index < -0.39 is 11.7 Å². The molecule has 10 heteroatoms. The molecule has 0 spiro atoms. The molecular weight excluding hydrogens is 473 g/mol. The van der Waals surface area contributed by atoms with E-state index in [9.17, 15) is 18.0 Å². The van der Waals surface area contributed by atoms with Gasteiger partial charge in [0.2, 0.25) is 0 Å². The van der Waals surface area contributed by atoms with Crippen LogP contribution in [0.5, 0.6) is 0 Å². The van der Waals surface area contributed by atoms with E-state index in [-0.39, 0.29) is 30.5 Å². The summed E-state index contributed by atoms with van der Waals surface area (Å²) in [5.41, 5.74) is 8.62. The van der Waals surface area contributed by atoms with Gasteiger partial charge in [0, 0.05) is 41.3 Å². The van der Waals surface area contributed by atoms with Crippen molar-refractivity contribution >= 4 is 22.6 Å². The van der Waals surface area contributed by atoms with Crippen molar-refractivity contribution in [3.63, 3.8) is 0 Å². The third kappa shape index (κ3) is 4.51. The number of rotatable bonds is 4. The summed E-state index contributed by atoms with van der Waals surface area (Å²) in [5.74, 6) is 0.250. The van der Waals surface area contributed by atoms with Crippen LogP contribution >= 0.6 is 0 Å². The number of anilines is 1. The largest absolute Gasteiger partial charge is 0.417 e. The highest BCUT2D eigenvalue weighted by atomic mass is 19.4. The average Bonchev–Trinajstić information content (AvgIpc) is 3.25. The monoisotopic (exact) mass is 500 g/mol. The molecule has 1 fully saturated rings. The Labute approximate surface area is 206 Å². The first kappa shape index (κ1) is 24.5. The zero-order valence-electron chi connectivity index (χ0n) is 20.0. The molecule has 0 bridgehead atoms. The Morgan fingerprint density at radius 2 is 2.03 bits per heavy atom. The van der Waals surface area contributed by atoms with Crippen molar-refractivity contribution < 1.29 is 27.4 Å². The molecule has 4 heterocycles. The molecule has 2 aromatic heterocycles. The maximum atomic E-state index is 13.9. The van der Waals surface area contributed by atoms with Crippen LogP contribution in [0.15, 0.2) is 36.5 Å². The number of fused-ring (bicyclic) bond motifs is 3. The fourth-order valence-corrected chi connectivity index (χ4v) is 5.10. The van der Waals surface area contributed by atoms with Crippen LogP contribution in [0, 0.1) is 5.92 Å². The molecule has 0 unspecified atom stereocenters. The van der Waals surface area contributed by atoms with Crippen molar-refractivity contribution in [2.45, 2.75) is 51.7 Å². The molecule has 0 radical (unpaired) electrons. The van der Waals surface area contributed by atoms with E-state index in [0.717, 1.165) is 28.8 Å². The SMILES string of the molecule is C[C@@H]1COCC[C@@H]1N(Cc1ccc(C(F)(F)F)cn1)C(=O)c1ccc2nc(N)c3c(c2c1)CO[C@@H]3C. The molecule has 0 saturated carbocycles. The third-order valence-electron chi connectivity index (χ3n) is 7.04. The number of nitrogen functional groups attached to an aromatic ring is 1. The van der Waals surface area contributed by atoms with E-state index in [2.05, 4.69) is 9.97 Å². The Morgan fingerprint density at radius 1 is 1.22 bits per heavy atom. The highest BCUT2D eigenvalue weighted by molar-refractivity contribution is 5.99. The minimum absolute atomic E-state index is 0.0533. The van der Waals surface area contributed by atoms with Gasteiger partial charge in [0.25, 0.3) is 5.91 Å². The number of hydrogen-bond donors (Lipinski definition) is 1. The summed E-state index contributed by atoms with van der Waals surface area (Å²) in [6.07, 6.45) is -3.22. The molecule has 0 aliphatic carbocycles. The lowest BCUT2D eigenvalue weighted by molar-refractivity contribution is -0.137. The first-order chi connectivity index (χ1) is 17.1. The van der Waals surface area contributed by atoms with Gasteiger partial charge in [-0.1, -0.05) is 6.92 Å². The van der Waals surface area contributed by atoms with Gasteiger partial charge >= 0.3 is 6.18 Å². The van der Waals surface area contributed by atoms with Crippen LogP contribution in [0.25, 0.3) is 10.9 Å². The quantitative estimate of drug-likeness (QED) is 0.549. The topological polar surface area (TPSA) is 90.6 Å². The smallest absolute Gasteiger partial charge is 0.383 e. The fraction of sp³-hybridized carbons (Fsp3) is 0.423. The summed E-state index contributed by atoms with van der Waals surface area (Å²) in [5, 5.41) is 0.807. The molecule has 190 valence electrons. The predicted octanol–water partition coefficient (Wildman–Crippen LogP) is 4.89. The van der Waals surface area contributed by atoms with Crippen LogP contribution < -0.4 is 5.73 Å². The molecule has 3 atom stereocenters. The number of hydrogen-bond acceptors (Lipinski definition) is 6. The molecule has 5 rings (SSSR count). The second kappa shape index (κ2) is 9.33. The van der Waals surface area contributed by atoms with Crippen LogP contribution in [0.4, 0.5) is 19.0 Å². The highest BCUT2D eigenvalue weighted by Crippen LogP contribution is 2.38. The van der Waals surface area contributed by atoms with Crippen molar-refractivity contribution in [2.24, 2.45) is 5.92 Å². The second-order valence-electron chi connectivity index (χ2n) is 9.45. The number of carbonyl (C=O) groups excluding carboxylic acids is 1. The van der Waals surface area contributed by atoms with Crippen LogP contribution in [0.1, 0.15) is 59.1 Å². The Hall–Kier alpha value is -3.24. The number of nitrogens with two attached hydrogens (primary N) is 1. The van der Waals surface area contributed by atoms with E-state index in [1.807, 2.05) is 19.9 Å². The van der Waals surface area contributed by atoms with Crippen molar-refractivity contribution in [1.29, 1.82) is 0 Å². The summed E-state index contributed by atoms with van der Waals surface area (Å²) < 4.78 is 50.3. The number of aromatic nitrogens is 2. The zero-order valence-corrected chi connectivity index (χ0v) is 20.0. The van der Waals surface area contributed by atoms with Gasteiger partial charge in [0.15, 0.2) is 0 Å². The molecule has 2 aliphatic rings. The summed E-state index contributed by atoms with van der Waals surface area (Å²) in [7, 11) is 0. The van der Waals surface area contributed by atoms with E-state index in [1.165, 1.54) is 6.07 Å². The normalized spacial score (nSPS) is 22.0. The third-order valence-corrected chi connectivity index (χ3v) is 7.04. The first-order valence-corrected chi connectivity index (χ1v) is 11.9. The van der Waals surface area contributed by atoms with Gasteiger partial charge in [0.05, 0.1) is 42.6 Å². The van der Waals surface area contributed by atoms with E-state index in [0.29, 0.717) is 48.8 Å². The number of ether oxygens (including phenoxy) is 2. The number of benzene rings is 1. The van der Waals surface area contributed by atoms with E-state index >= 15 is 0 Å². The molecule has 1 saturated heterocycles. The van der Waals surface area contributed by atoms with Gasteiger partial charge in [0.1, 0.15) is 5.82 Å². The lowest BCUT2D eigenvalue weighted by Crippen LogP contribution is -2.47. The summed E-state index contributed by atoms with van der Waals surface area (Å²) >= 11 is 0. The standard InChI is InChI=1S/C26H27F3N4O3/c1-14-12-35-8-7-22(14)33(11-18-5-4-17(10-31-18)26(27,28)29)25(34)16-3-6-21-19(9-16)20-13-36-15(2)23(20)24(30)32-21/h3-6,9-10,14-15,22H,7-8,11-13H2,1-2H3,(H2,30,32)/t14-,15-,22+/m1/s1. The molecule has 1 amide bonds. The van der Waals surface area contributed by atoms with Crippen LogP contribution in [0.2, 0.25) is 0 Å². The lowest BCUT2D eigenvalue weighted by atomic mass is 9.94. The molecule has 2 N–H and O–H groups in total. The first-order valence-electron chi connectivity index (χ1n) is 11.9. The Bertz CT molecular complexity index is 1300. The number of nitrogens with zero attached hydrogens (tertiary/aromatic N) is 3. The fourth-order valence-electron chi connectivity index (χ4n) is 5.10. The Balaban J connectivity index is 1.51. The van der Waals surface area contributed by atoms with Crippen molar-refractivity contribution in [3.05, 3.63) is 64.5 Å². The number of amides is 1. The maximum Gasteiger partial charge on any atom is 0.417 e. The molecule has 3 aromatic rings. The minimum Gasteiger partial charge on any atom is -0.383 e. The van der Waals surface area contributed by atoms with Crippen molar-refractivity contribution in [1.82, 2.24) is 14.9 Å². The molecular formula is C26H27F3N4O3. The van der Waals surface area contributed by atoms with Gasteiger partial charge in [-0.25, -0.2) is 4.98 Å². The minimum atomic E-state index is -4.47. The zero-order chi connectivity index (χ0) is 25.6. The average molecular weight is 501 g/mol. The van der Waals surface area contributed by atoms with Gasteiger partial charge in [-0.05, 0) is 49.2 Å². The number of alkyl halides is 3. The van der Waals surface area contributed by atoms with E-state index in [4.69, 9.17) is 15.2 Å². The number of pyridine rings is 2. The van der Waals surface area contributed by atoms with Gasteiger partial charge in [-0.3, -0.25) is 9.78 Å². The maximum absolute atomic E-state index is 13.9. The number of halogens is 3. The van der Waals surface area contributed by atoms with Crippen molar-refractivity contribution in [2.75, 3.05) is 18.9 Å². The number of carbonyl (C=O) groups is 1. The second-order valence-corrected chi connectivity index (χ2v) is 9.45. The summed E-state index contributed by atoms with van der Waals surface area (Å²) in [6, 6.07) is 7.46. The lowest BCUT2D eigenvalue weighted by Gasteiger charge is -2.38. The van der Waals surface area contributed by atoms with Gasteiger partial charge in [-0.15, -0.1) is 0 Å². The molecule has 7 nitrogen and oxygen atoms in total. The van der Waals surface area contributed by atoms with Crippen LogP contribution in [-0.2, 0) is 28.8 Å². The highest BCUT2D eigenvalue weighted by Gasteiger charge is 2.34. The van der Waals surface area contributed by atoms with Gasteiger partial charge in [-0.2, -0.15) is 13.2 Å². The Kier molecular flexibility index (Phi) is 6.34. The predicted molar refractivity (Wildman–Crippen MR) is 127 cm³/mol.